The number of nitrogens with one attached hydrogen (secondary N) is 2. The highest BCUT2D eigenvalue weighted by molar-refractivity contribution is 7.10. The Hall–Kier alpha value is -2.19. The average Bonchev–Trinajstić information content (AvgIpc) is 3.00. The van der Waals surface area contributed by atoms with Gasteiger partial charge >= 0.3 is 6.03 Å². The number of halogens is 2. The van der Waals surface area contributed by atoms with Crippen molar-refractivity contribution in [3.05, 3.63) is 46.2 Å². The van der Waals surface area contributed by atoms with Gasteiger partial charge in [0.15, 0.2) is 17.4 Å². The number of ether oxygens (including phenoxy) is 1. The van der Waals surface area contributed by atoms with Gasteiger partial charge in [-0.2, -0.15) is 0 Å². The second-order valence-electron chi connectivity index (χ2n) is 4.65. The number of amides is 2. The van der Waals surface area contributed by atoms with E-state index < -0.39 is 23.4 Å². The Morgan fingerprint density at radius 1 is 1.39 bits per heavy atom. The minimum atomic E-state index is -0.909. The molecule has 1 aromatic heterocycles. The van der Waals surface area contributed by atoms with Crippen LogP contribution >= 0.6 is 11.3 Å². The monoisotopic (exact) mass is 342 g/mol. The number of aliphatic hydroxyl groups excluding tert-OH is 1. The molecular weight excluding hydrogens is 326 g/mol. The van der Waals surface area contributed by atoms with E-state index in [1.165, 1.54) is 11.3 Å². The molecular formula is C15H16F2N2O3S. The Morgan fingerprint density at radius 2 is 2.09 bits per heavy atom. The first-order valence-corrected chi connectivity index (χ1v) is 7.68. The maximum Gasteiger partial charge on any atom is 0.319 e. The van der Waals surface area contributed by atoms with Crippen LogP contribution in [-0.2, 0) is 0 Å². The molecule has 0 radical (unpaired) electrons. The van der Waals surface area contributed by atoms with E-state index in [0.29, 0.717) is 6.42 Å². The first-order valence-electron chi connectivity index (χ1n) is 6.80. The molecule has 0 bridgehead atoms. The summed E-state index contributed by atoms with van der Waals surface area (Å²) in [5.41, 5.74) is -0.0350. The molecule has 8 heteroatoms. The van der Waals surface area contributed by atoms with E-state index in [0.717, 1.165) is 24.1 Å². The molecule has 5 nitrogen and oxygen atoms in total. The summed E-state index contributed by atoms with van der Waals surface area (Å²) in [5, 5.41) is 16.0. The molecule has 1 aromatic carbocycles. The van der Waals surface area contributed by atoms with E-state index in [1.54, 1.807) is 0 Å². The second kappa shape index (κ2) is 7.89. The number of hydrogen-bond acceptors (Lipinski definition) is 4. The van der Waals surface area contributed by atoms with Crippen LogP contribution in [0.2, 0.25) is 0 Å². The van der Waals surface area contributed by atoms with Gasteiger partial charge in [0.05, 0.1) is 13.2 Å². The van der Waals surface area contributed by atoms with E-state index in [9.17, 15) is 13.6 Å². The normalized spacial score (nSPS) is 11.8. The molecule has 0 saturated heterocycles. The number of anilines is 1. The van der Waals surface area contributed by atoms with E-state index in [1.807, 2.05) is 17.5 Å². The number of thiophene rings is 1. The SMILES string of the molecule is COc1c(F)cc(NC(=O)N[C@@H](CCO)c2cccs2)cc1F. The van der Waals surface area contributed by atoms with Crippen LogP contribution in [0.4, 0.5) is 19.3 Å². The van der Waals surface area contributed by atoms with Crippen molar-refractivity contribution in [1.82, 2.24) is 5.32 Å². The van der Waals surface area contributed by atoms with E-state index in [2.05, 4.69) is 15.4 Å². The van der Waals surface area contributed by atoms with E-state index in [4.69, 9.17) is 5.11 Å². The van der Waals surface area contributed by atoms with Crippen molar-refractivity contribution < 1.29 is 23.4 Å². The van der Waals surface area contributed by atoms with Crippen LogP contribution in [0.3, 0.4) is 0 Å². The van der Waals surface area contributed by atoms with Gasteiger partial charge in [-0.05, 0) is 17.9 Å². The van der Waals surface area contributed by atoms with E-state index in [-0.39, 0.29) is 18.3 Å². The molecule has 0 spiro atoms. The summed E-state index contributed by atoms with van der Waals surface area (Å²) in [5.74, 6) is -2.33. The Balaban J connectivity index is 2.06. The van der Waals surface area contributed by atoms with Gasteiger partial charge in [-0.3, -0.25) is 0 Å². The van der Waals surface area contributed by atoms with Gasteiger partial charge in [-0.15, -0.1) is 11.3 Å². The Bertz CT molecular complexity index is 642. The Labute approximate surface area is 135 Å². The van der Waals surface area contributed by atoms with Crippen LogP contribution in [0.5, 0.6) is 5.75 Å². The summed E-state index contributed by atoms with van der Waals surface area (Å²) in [6.07, 6.45) is 0.333. The first-order chi connectivity index (χ1) is 11.0. The minimum absolute atomic E-state index is 0.0350. The van der Waals surface area contributed by atoms with Gasteiger partial charge in [-0.25, -0.2) is 13.6 Å². The third-order valence-electron chi connectivity index (χ3n) is 3.07. The van der Waals surface area contributed by atoms with Gasteiger partial charge in [0.2, 0.25) is 0 Å². The zero-order chi connectivity index (χ0) is 16.8. The topological polar surface area (TPSA) is 70.6 Å². The summed E-state index contributed by atoms with van der Waals surface area (Å²) in [6, 6.07) is 4.59. The van der Waals surface area contributed by atoms with Crippen LogP contribution in [0.1, 0.15) is 17.3 Å². The molecule has 0 aliphatic rings. The van der Waals surface area contributed by atoms with Crippen molar-refractivity contribution in [2.45, 2.75) is 12.5 Å². The van der Waals surface area contributed by atoms with Crippen molar-refractivity contribution in [3.8, 4) is 5.75 Å². The van der Waals surface area contributed by atoms with Crippen molar-refractivity contribution in [2.24, 2.45) is 0 Å². The number of rotatable bonds is 6. The summed E-state index contributed by atoms with van der Waals surface area (Å²) < 4.78 is 31.8. The van der Waals surface area contributed by atoms with Gasteiger partial charge in [0, 0.05) is 29.3 Å². The van der Waals surface area contributed by atoms with Crippen LogP contribution in [0.25, 0.3) is 0 Å². The Kier molecular flexibility index (Phi) is 5.89. The van der Waals surface area contributed by atoms with Crippen molar-refractivity contribution >= 4 is 23.1 Å². The number of carbonyl (C=O) groups excluding carboxylic acids is 1. The first kappa shape index (κ1) is 17.2. The average molecular weight is 342 g/mol. The molecule has 2 amide bonds. The van der Waals surface area contributed by atoms with Gasteiger partial charge in [0.1, 0.15) is 0 Å². The van der Waals surface area contributed by atoms with Gasteiger partial charge in [0.25, 0.3) is 0 Å². The van der Waals surface area contributed by atoms with E-state index >= 15 is 0 Å². The lowest BCUT2D eigenvalue weighted by molar-refractivity contribution is 0.239. The molecule has 3 N–H and O–H groups in total. The predicted molar refractivity (Wildman–Crippen MR) is 83.8 cm³/mol. The predicted octanol–water partition coefficient (Wildman–Crippen LogP) is 3.28. The maximum atomic E-state index is 13.6. The number of benzene rings is 1. The molecule has 0 aliphatic carbocycles. The van der Waals surface area contributed by atoms with Crippen LogP contribution in [0, 0.1) is 11.6 Å². The minimum Gasteiger partial charge on any atom is -0.491 e. The molecule has 2 rings (SSSR count). The second-order valence-corrected chi connectivity index (χ2v) is 5.63. The van der Waals surface area contributed by atoms with Crippen molar-refractivity contribution in [2.75, 3.05) is 19.0 Å². The molecule has 1 atom stereocenters. The lowest BCUT2D eigenvalue weighted by Gasteiger charge is -2.17. The molecule has 0 aliphatic heterocycles. The number of methoxy groups -OCH3 is 1. The Morgan fingerprint density at radius 3 is 2.61 bits per heavy atom. The van der Waals surface area contributed by atoms with Crippen LogP contribution in [-0.4, -0.2) is 24.9 Å². The highest BCUT2D eigenvalue weighted by Crippen LogP contribution is 2.26. The number of aliphatic hydroxyl groups is 1. The fourth-order valence-electron chi connectivity index (χ4n) is 2.06. The zero-order valence-corrected chi connectivity index (χ0v) is 13.1. The van der Waals surface area contributed by atoms with Crippen molar-refractivity contribution in [3.63, 3.8) is 0 Å². The van der Waals surface area contributed by atoms with Gasteiger partial charge < -0.3 is 20.5 Å². The molecule has 23 heavy (non-hydrogen) atoms. The van der Waals surface area contributed by atoms with Gasteiger partial charge in [-0.1, -0.05) is 6.07 Å². The lowest BCUT2D eigenvalue weighted by Crippen LogP contribution is -2.32. The molecule has 1 heterocycles. The number of hydrogen-bond donors (Lipinski definition) is 3. The third-order valence-corrected chi connectivity index (χ3v) is 4.06. The van der Waals surface area contributed by atoms with Crippen molar-refractivity contribution in [1.29, 1.82) is 0 Å². The number of urea groups is 1. The molecule has 0 unspecified atom stereocenters. The maximum absolute atomic E-state index is 13.6. The van der Waals surface area contributed by atoms with Crippen LogP contribution in [0.15, 0.2) is 29.6 Å². The fourth-order valence-corrected chi connectivity index (χ4v) is 2.87. The summed E-state index contributed by atoms with van der Waals surface area (Å²) in [6.45, 7) is -0.103. The highest BCUT2D eigenvalue weighted by atomic mass is 32.1. The molecule has 124 valence electrons. The quantitative estimate of drug-likeness (QED) is 0.754. The summed E-state index contributed by atoms with van der Waals surface area (Å²) in [4.78, 5) is 12.9. The zero-order valence-electron chi connectivity index (χ0n) is 12.3. The fraction of sp³-hybridized carbons (Fsp3) is 0.267. The molecule has 0 saturated carbocycles. The third kappa shape index (κ3) is 4.40. The molecule has 0 fully saturated rings. The largest absolute Gasteiger partial charge is 0.491 e. The lowest BCUT2D eigenvalue weighted by atomic mass is 10.2. The molecule has 2 aromatic rings. The smallest absolute Gasteiger partial charge is 0.319 e. The summed E-state index contributed by atoms with van der Waals surface area (Å²) in [7, 11) is 1.15. The summed E-state index contributed by atoms with van der Waals surface area (Å²) >= 11 is 1.44. The van der Waals surface area contributed by atoms with Crippen LogP contribution < -0.4 is 15.4 Å². The number of carbonyl (C=O) groups is 1. The standard InChI is InChI=1S/C15H16F2N2O3S/c1-22-14-10(16)7-9(8-11(14)17)18-15(21)19-12(4-5-20)13-3-2-6-23-13/h2-3,6-8,12,20H,4-5H2,1H3,(H2,18,19,21)/t12-/m0/s1. The highest BCUT2D eigenvalue weighted by Gasteiger charge is 2.17.